The van der Waals surface area contributed by atoms with Gasteiger partial charge in [0.25, 0.3) is 0 Å². The Morgan fingerprint density at radius 3 is 2.71 bits per heavy atom. The van der Waals surface area contributed by atoms with Crippen molar-refractivity contribution >= 4 is 0 Å². The molecule has 1 fully saturated rings. The Morgan fingerprint density at radius 1 is 1.47 bits per heavy atom. The van der Waals surface area contributed by atoms with Crippen molar-refractivity contribution in [2.24, 2.45) is 11.8 Å². The third kappa shape index (κ3) is 2.63. The summed E-state index contributed by atoms with van der Waals surface area (Å²) in [5, 5.41) is 3.46. The van der Waals surface area contributed by atoms with Gasteiger partial charge >= 0.3 is 0 Å². The summed E-state index contributed by atoms with van der Waals surface area (Å²) < 4.78 is 5.75. The molecule has 0 spiro atoms. The van der Waals surface area contributed by atoms with E-state index in [1.54, 1.807) is 0 Å². The second-order valence-electron chi connectivity index (χ2n) is 5.12. The van der Waals surface area contributed by atoms with Crippen molar-refractivity contribution in [2.45, 2.75) is 33.2 Å². The molecule has 1 aromatic carbocycles. The lowest BCUT2D eigenvalue weighted by Gasteiger charge is -2.20. The molecule has 2 nitrogen and oxygen atoms in total. The molecule has 0 radical (unpaired) electrons. The highest BCUT2D eigenvalue weighted by Crippen LogP contribution is 2.48. The summed E-state index contributed by atoms with van der Waals surface area (Å²) >= 11 is 0. The molecule has 0 amide bonds. The van der Waals surface area contributed by atoms with Crippen molar-refractivity contribution in [3.05, 3.63) is 29.3 Å². The predicted molar refractivity (Wildman–Crippen MR) is 71.4 cm³/mol. The van der Waals surface area contributed by atoms with E-state index in [1.165, 1.54) is 17.5 Å². The van der Waals surface area contributed by atoms with Crippen LogP contribution in [0.5, 0.6) is 5.75 Å². The first-order chi connectivity index (χ1) is 8.17. The van der Waals surface area contributed by atoms with E-state index < -0.39 is 0 Å². The number of hydrogen-bond acceptors (Lipinski definition) is 2. The van der Waals surface area contributed by atoms with Crippen LogP contribution in [0.15, 0.2) is 18.2 Å². The van der Waals surface area contributed by atoms with Gasteiger partial charge < -0.3 is 10.1 Å². The average molecular weight is 233 g/mol. The molecule has 94 valence electrons. The van der Waals surface area contributed by atoms with Crippen LogP contribution in [0.1, 0.15) is 37.4 Å². The van der Waals surface area contributed by atoms with Gasteiger partial charge in [-0.2, -0.15) is 0 Å². The summed E-state index contributed by atoms with van der Waals surface area (Å²) in [5.41, 5.74) is 2.63. The maximum Gasteiger partial charge on any atom is 0.124 e. The van der Waals surface area contributed by atoms with Crippen LogP contribution in [-0.4, -0.2) is 13.7 Å². The lowest BCUT2D eigenvalue weighted by Crippen LogP contribution is -2.20. The number of nitrogens with one attached hydrogen (secondary N) is 1. The fourth-order valence-electron chi connectivity index (χ4n) is 2.61. The smallest absolute Gasteiger partial charge is 0.124 e. The predicted octanol–water partition coefficient (Wildman–Crippen LogP) is 3.31. The quantitative estimate of drug-likeness (QED) is 0.842. The zero-order chi connectivity index (χ0) is 12.4. The maximum absolute atomic E-state index is 5.75. The van der Waals surface area contributed by atoms with E-state index >= 15 is 0 Å². The molecule has 3 unspecified atom stereocenters. The van der Waals surface area contributed by atoms with Gasteiger partial charge in [-0.05, 0) is 45.2 Å². The van der Waals surface area contributed by atoms with E-state index in [1.807, 2.05) is 14.0 Å². The highest BCUT2D eigenvalue weighted by molar-refractivity contribution is 5.40. The highest BCUT2D eigenvalue weighted by atomic mass is 16.5. The van der Waals surface area contributed by atoms with Crippen LogP contribution in [0.4, 0.5) is 0 Å². The molecule has 1 saturated carbocycles. The molecule has 1 aromatic rings. The van der Waals surface area contributed by atoms with Crippen molar-refractivity contribution in [3.8, 4) is 5.75 Å². The molecule has 2 heteroatoms. The van der Waals surface area contributed by atoms with Crippen LogP contribution in [-0.2, 0) is 0 Å². The lowest BCUT2D eigenvalue weighted by molar-refractivity contribution is 0.329. The van der Waals surface area contributed by atoms with E-state index in [0.717, 1.165) is 24.2 Å². The molecule has 0 saturated heterocycles. The Hall–Kier alpha value is -1.02. The highest BCUT2D eigenvalue weighted by Gasteiger charge is 2.40. The van der Waals surface area contributed by atoms with Gasteiger partial charge in [0, 0.05) is 11.6 Å². The fourth-order valence-corrected chi connectivity index (χ4v) is 2.61. The van der Waals surface area contributed by atoms with Gasteiger partial charge in [0.05, 0.1) is 6.61 Å². The van der Waals surface area contributed by atoms with Gasteiger partial charge in [0.2, 0.25) is 0 Å². The molecule has 2 rings (SSSR count). The van der Waals surface area contributed by atoms with E-state index in [-0.39, 0.29) is 0 Å². The minimum atomic E-state index is 0.437. The van der Waals surface area contributed by atoms with Gasteiger partial charge in [-0.25, -0.2) is 0 Å². The Labute approximate surface area is 104 Å². The van der Waals surface area contributed by atoms with Crippen LogP contribution in [0.25, 0.3) is 0 Å². The molecule has 1 N–H and O–H groups in total. The SMILES string of the molecule is CCOc1ccc(C)cc1C(NC)C1CC1C. The number of aryl methyl sites for hydroxylation is 1. The molecule has 0 heterocycles. The average Bonchev–Trinajstić information content (AvgIpc) is 3.01. The molecular formula is C15H23NO. The van der Waals surface area contributed by atoms with Gasteiger partial charge in [-0.3, -0.25) is 0 Å². The standard InChI is InChI=1S/C15H23NO/c1-5-17-14-7-6-10(2)8-13(14)15(16-4)12-9-11(12)3/h6-8,11-12,15-16H,5,9H2,1-4H3. The second kappa shape index (κ2) is 5.09. The van der Waals surface area contributed by atoms with E-state index in [0.29, 0.717) is 6.04 Å². The van der Waals surface area contributed by atoms with Crippen LogP contribution >= 0.6 is 0 Å². The minimum Gasteiger partial charge on any atom is -0.494 e. The first-order valence-electron chi connectivity index (χ1n) is 6.58. The van der Waals surface area contributed by atoms with E-state index in [9.17, 15) is 0 Å². The number of ether oxygens (including phenoxy) is 1. The van der Waals surface area contributed by atoms with Crippen LogP contribution in [0.2, 0.25) is 0 Å². The first-order valence-corrected chi connectivity index (χ1v) is 6.58. The monoisotopic (exact) mass is 233 g/mol. The summed E-state index contributed by atoms with van der Waals surface area (Å²) in [6.45, 7) is 7.23. The molecule has 17 heavy (non-hydrogen) atoms. The zero-order valence-electron chi connectivity index (χ0n) is 11.3. The second-order valence-corrected chi connectivity index (χ2v) is 5.12. The third-order valence-electron chi connectivity index (χ3n) is 3.71. The van der Waals surface area contributed by atoms with Crippen LogP contribution < -0.4 is 10.1 Å². The first kappa shape index (κ1) is 12.4. The molecule has 1 aliphatic carbocycles. The summed E-state index contributed by atoms with van der Waals surface area (Å²) in [4.78, 5) is 0. The van der Waals surface area contributed by atoms with Crippen molar-refractivity contribution in [1.29, 1.82) is 0 Å². The van der Waals surface area contributed by atoms with Crippen LogP contribution in [0, 0.1) is 18.8 Å². The Balaban J connectivity index is 2.30. The molecule has 0 aromatic heterocycles. The molecule has 0 aliphatic heterocycles. The normalized spacial score (nSPS) is 24.5. The maximum atomic E-state index is 5.75. The Bertz CT molecular complexity index is 389. The Kier molecular flexibility index (Phi) is 3.72. The van der Waals surface area contributed by atoms with E-state index in [4.69, 9.17) is 4.74 Å². The topological polar surface area (TPSA) is 21.3 Å². The van der Waals surface area contributed by atoms with Crippen molar-refractivity contribution in [1.82, 2.24) is 5.32 Å². The van der Waals surface area contributed by atoms with Crippen molar-refractivity contribution < 1.29 is 4.74 Å². The lowest BCUT2D eigenvalue weighted by atomic mass is 9.98. The van der Waals surface area contributed by atoms with Gasteiger partial charge in [0.1, 0.15) is 5.75 Å². The molecular weight excluding hydrogens is 210 g/mol. The van der Waals surface area contributed by atoms with Crippen molar-refractivity contribution in [2.75, 3.05) is 13.7 Å². The van der Waals surface area contributed by atoms with Gasteiger partial charge in [-0.15, -0.1) is 0 Å². The van der Waals surface area contributed by atoms with Gasteiger partial charge in [0.15, 0.2) is 0 Å². The molecule has 3 atom stereocenters. The summed E-state index contributed by atoms with van der Waals surface area (Å²) in [6, 6.07) is 6.92. The number of rotatable bonds is 5. The minimum absolute atomic E-state index is 0.437. The van der Waals surface area contributed by atoms with Gasteiger partial charge in [-0.1, -0.05) is 24.6 Å². The summed E-state index contributed by atoms with van der Waals surface area (Å²) in [6.07, 6.45) is 1.32. The van der Waals surface area contributed by atoms with Crippen LogP contribution in [0.3, 0.4) is 0 Å². The third-order valence-corrected chi connectivity index (χ3v) is 3.71. The fraction of sp³-hybridized carbons (Fsp3) is 0.600. The zero-order valence-corrected chi connectivity index (χ0v) is 11.3. The molecule has 0 bridgehead atoms. The largest absolute Gasteiger partial charge is 0.494 e. The Morgan fingerprint density at radius 2 is 2.18 bits per heavy atom. The number of benzene rings is 1. The summed E-state index contributed by atoms with van der Waals surface area (Å²) in [7, 11) is 2.05. The molecule has 1 aliphatic rings. The number of hydrogen-bond donors (Lipinski definition) is 1. The van der Waals surface area contributed by atoms with E-state index in [2.05, 4.69) is 37.4 Å². The summed E-state index contributed by atoms with van der Waals surface area (Å²) in [5.74, 6) is 2.64. The van der Waals surface area contributed by atoms with Crippen molar-refractivity contribution in [3.63, 3.8) is 0 Å².